The second-order valence-corrected chi connectivity index (χ2v) is 4.76. The fraction of sp³-hybridized carbons (Fsp3) is 0.462. The van der Waals surface area contributed by atoms with Crippen LogP contribution in [0.3, 0.4) is 0 Å². The van der Waals surface area contributed by atoms with Gasteiger partial charge in [0.05, 0.1) is 11.9 Å². The highest BCUT2D eigenvalue weighted by Gasteiger charge is 2.24. The van der Waals surface area contributed by atoms with Crippen molar-refractivity contribution in [3.05, 3.63) is 34.2 Å². The van der Waals surface area contributed by atoms with E-state index in [9.17, 15) is 0 Å². The number of aromatic amines is 1. The van der Waals surface area contributed by atoms with Gasteiger partial charge >= 0.3 is 0 Å². The lowest BCUT2D eigenvalue weighted by Crippen LogP contribution is -2.14. The lowest BCUT2D eigenvalue weighted by atomic mass is 9.77. The van der Waals surface area contributed by atoms with Crippen molar-refractivity contribution in [2.24, 2.45) is 5.92 Å². The van der Waals surface area contributed by atoms with Crippen LogP contribution in [0.25, 0.3) is 6.08 Å². The Bertz CT molecular complexity index is 463. The molecule has 78 valence electrons. The number of hydrogen-bond donors (Lipinski definition) is 1. The summed E-state index contributed by atoms with van der Waals surface area (Å²) in [5.41, 5.74) is 7.25. The molecule has 1 unspecified atom stereocenters. The van der Waals surface area contributed by atoms with Gasteiger partial charge < -0.3 is 0 Å². The number of fused-ring (bicyclic) bond motifs is 2. The maximum absolute atomic E-state index is 4.11. The normalized spacial score (nSPS) is 24.7. The second-order valence-electron chi connectivity index (χ2n) is 4.76. The van der Waals surface area contributed by atoms with Gasteiger partial charge in [0.1, 0.15) is 0 Å². The monoisotopic (exact) mass is 200 g/mol. The second kappa shape index (κ2) is 3.09. The van der Waals surface area contributed by atoms with Crippen molar-refractivity contribution >= 4 is 6.08 Å². The number of aromatic nitrogens is 2. The first kappa shape index (κ1) is 8.96. The SMILES string of the molecule is CC1=C2Cc3cn[nH]c3C=C2CCC1C. The minimum atomic E-state index is 0.755. The highest BCUT2D eigenvalue weighted by molar-refractivity contribution is 5.65. The molecule has 2 nitrogen and oxygen atoms in total. The van der Waals surface area contributed by atoms with Crippen LogP contribution in [0.5, 0.6) is 0 Å². The Balaban J connectivity index is 2.14. The van der Waals surface area contributed by atoms with E-state index in [2.05, 4.69) is 30.1 Å². The third-order valence-corrected chi connectivity index (χ3v) is 3.89. The van der Waals surface area contributed by atoms with Crippen molar-refractivity contribution in [2.75, 3.05) is 0 Å². The molecule has 0 saturated carbocycles. The Morgan fingerprint density at radius 3 is 3.20 bits per heavy atom. The van der Waals surface area contributed by atoms with Crippen molar-refractivity contribution in [2.45, 2.75) is 33.1 Å². The van der Waals surface area contributed by atoms with Crippen molar-refractivity contribution in [1.29, 1.82) is 0 Å². The average molecular weight is 200 g/mol. The molecular weight excluding hydrogens is 184 g/mol. The molecule has 2 aliphatic carbocycles. The molecule has 15 heavy (non-hydrogen) atoms. The van der Waals surface area contributed by atoms with E-state index >= 15 is 0 Å². The Morgan fingerprint density at radius 2 is 2.33 bits per heavy atom. The molecule has 0 bridgehead atoms. The predicted molar refractivity (Wildman–Crippen MR) is 61.4 cm³/mol. The van der Waals surface area contributed by atoms with Gasteiger partial charge in [-0.2, -0.15) is 5.10 Å². The van der Waals surface area contributed by atoms with Gasteiger partial charge in [0, 0.05) is 12.0 Å². The van der Waals surface area contributed by atoms with Crippen LogP contribution in [-0.4, -0.2) is 10.2 Å². The Labute approximate surface area is 90.1 Å². The molecule has 0 saturated heterocycles. The first-order chi connectivity index (χ1) is 7.25. The first-order valence-corrected chi connectivity index (χ1v) is 5.68. The van der Waals surface area contributed by atoms with E-state index in [1.54, 1.807) is 11.1 Å². The van der Waals surface area contributed by atoms with Crippen molar-refractivity contribution in [3.8, 4) is 0 Å². The van der Waals surface area contributed by atoms with Gasteiger partial charge in [-0.3, -0.25) is 5.10 Å². The Morgan fingerprint density at radius 1 is 1.47 bits per heavy atom. The highest BCUT2D eigenvalue weighted by atomic mass is 15.1. The van der Waals surface area contributed by atoms with E-state index in [0.717, 1.165) is 12.3 Å². The van der Waals surface area contributed by atoms with E-state index in [-0.39, 0.29) is 0 Å². The summed E-state index contributed by atoms with van der Waals surface area (Å²) in [6.07, 6.45) is 7.85. The maximum atomic E-state index is 4.11. The van der Waals surface area contributed by atoms with Crippen LogP contribution < -0.4 is 0 Å². The van der Waals surface area contributed by atoms with Gasteiger partial charge in [-0.15, -0.1) is 0 Å². The third-order valence-electron chi connectivity index (χ3n) is 3.89. The molecule has 0 aliphatic heterocycles. The molecule has 0 radical (unpaired) electrons. The van der Waals surface area contributed by atoms with Gasteiger partial charge in [0.15, 0.2) is 0 Å². The van der Waals surface area contributed by atoms with Gasteiger partial charge in [-0.05, 0) is 42.9 Å². The van der Waals surface area contributed by atoms with E-state index in [1.807, 2.05) is 6.20 Å². The summed E-state index contributed by atoms with van der Waals surface area (Å²) in [5, 5.41) is 7.18. The summed E-state index contributed by atoms with van der Waals surface area (Å²) in [6.45, 7) is 4.63. The molecule has 0 amide bonds. The van der Waals surface area contributed by atoms with E-state index in [1.165, 1.54) is 29.7 Å². The van der Waals surface area contributed by atoms with Crippen LogP contribution >= 0.6 is 0 Å². The molecule has 1 N–H and O–H groups in total. The molecule has 0 aromatic carbocycles. The number of nitrogens with one attached hydrogen (secondary N) is 1. The predicted octanol–water partition coefficient (Wildman–Crippen LogP) is 3.10. The smallest absolute Gasteiger partial charge is 0.0616 e. The minimum Gasteiger partial charge on any atom is -0.278 e. The van der Waals surface area contributed by atoms with E-state index in [4.69, 9.17) is 0 Å². The fourth-order valence-electron chi connectivity index (χ4n) is 2.65. The maximum Gasteiger partial charge on any atom is 0.0616 e. The number of nitrogens with zero attached hydrogens (tertiary/aromatic N) is 1. The molecule has 2 heteroatoms. The summed E-state index contributed by atoms with van der Waals surface area (Å²) < 4.78 is 0. The average Bonchev–Trinajstić information content (AvgIpc) is 2.68. The largest absolute Gasteiger partial charge is 0.278 e. The number of rotatable bonds is 0. The first-order valence-electron chi connectivity index (χ1n) is 5.68. The standard InChI is InChI=1S/C13H16N2/c1-8-3-4-10-6-13-11(7-14-15-13)5-12(10)9(8)2/h6-8H,3-5H2,1-2H3,(H,14,15). The summed E-state index contributed by atoms with van der Waals surface area (Å²) in [5.74, 6) is 0.755. The quantitative estimate of drug-likeness (QED) is 0.685. The van der Waals surface area contributed by atoms with E-state index < -0.39 is 0 Å². The zero-order valence-corrected chi connectivity index (χ0v) is 9.30. The number of hydrogen-bond acceptors (Lipinski definition) is 1. The topological polar surface area (TPSA) is 28.7 Å². The van der Waals surface area contributed by atoms with Crippen LogP contribution in [0, 0.1) is 5.92 Å². The molecule has 1 aromatic heterocycles. The summed E-state index contributed by atoms with van der Waals surface area (Å²) >= 11 is 0. The van der Waals surface area contributed by atoms with Crippen LogP contribution in [0.4, 0.5) is 0 Å². The third kappa shape index (κ3) is 1.28. The van der Waals surface area contributed by atoms with Gasteiger partial charge in [-0.1, -0.05) is 12.5 Å². The summed E-state index contributed by atoms with van der Waals surface area (Å²) in [4.78, 5) is 0. The molecule has 1 heterocycles. The minimum absolute atomic E-state index is 0.755. The molecular formula is C13H16N2. The molecule has 0 spiro atoms. The molecule has 3 rings (SSSR count). The molecule has 2 aliphatic rings. The number of H-pyrrole nitrogens is 1. The summed E-state index contributed by atoms with van der Waals surface area (Å²) in [6, 6.07) is 0. The van der Waals surface area contributed by atoms with Crippen molar-refractivity contribution in [1.82, 2.24) is 10.2 Å². The number of allylic oxidation sites excluding steroid dienone is 3. The summed E-state index contributed by atoms with van der Waals surface area (Å²) in [7, 11) is 0. The highest BCUT2D eigenvalue weighted by Crippen LogP contribution is 2.39. The van der Waals surface area contributed by atoms with Crippen molar-refractivity contribution in [3.63, 3.8) is 0 Å². The zero-order chi connectivity index (χ0) is 10.4. The zero-order valence-electron chi connectivity index (χ0n) is 9.30. The van der Waals surface area contributed by atoms with Crippen LogP contribution in [0.2, 0.25) is 0 Å². The Hall–Kier alpha value is -1.31. The van der Waals surface area contributed by atoms with Crippen LogP contribution in [-0.2, 0) is 6.42 Å². The Kier molecular flexibility index (Phi) is 1.84. The molecule has 1 aromatic rings. The molecule has 0 fully saturated rings. The van der Waals surface area contributed by atoms with Crippen LogP contribution in [0.15, 0.2) is 22.9 Å². The lowest BCUT2D eigenvalue weighted by molar-refractivity contribution is 0.579. The van der Waals surface area contributed by atoms with Gasteiger partial charge in [0.2, 0.25) is 0 Å². The fourth-order valence-corrected chi connectivity index (χ4v) is 2.65. The lowest BCUT2D eigenvalue weighted by Gasteiger charge is -2.28. The molecule has 1 atom stereocenters. The van der Waals surface area contributed by atoms with Gasteiger partial charge in [0.25, 0.3) is 0 Å². The van der Waals surface area contributed by atoms with Gasteiger partial charge in [-0.25, -0.2) is 0 Å². The van der Waals surface area contributed by atoms with Crippen LogP contribution in [0.1, 0.15) is 37.9 Å². The van der Waals surface area contributed by atoms with E-state index in [0.29, 0.717) is 0 Å². The van der Waals surface area contributed by atoms with Crippen molar-refractivity contribution < 1.29 is 0 Å².